The number of piperazine rings is 1. The maximum atomic E-state index is 13.3. The Morgan fingerprint density at radius 2 is 1.57 bits per heavy atom. The Balaban J connectivity index is 1.29. The molecule has 35 heavy (non-hydrogen) atoms. The van der Waals surface area contributed by atoms with Gasteiger partial charge in [0.2, 0.25) is 0 Å². The summed E-state index contributed by atoms with van der Waals surface area (Å²) in [5, 5.41) is 16.8. The number of fused-ring (bicyclic) bond motifs is 1. The summed E-state index contributed by atoms with van der Waals surface area (Å²) >= 11 is 0. The Labute approximate surface area is 203 Å². The van der Waals surface area contributed by atoms with E-state index in [1.165, 1.54) is 0 Å². The van der Waals surface area contributed by atoms with E-state index >= 15 is 0 Å². The Kier molecular flexibility index (Phi) is 6.30. The molecule has 0 saturated carbocycles. The topological polar surface area (TPSA) is 78.7 Å². The molecule has 176 valence electrons. The Bertz CT molecular complexity index is 1360. The molecule has 0 radical (unpaired) electrons. The first-order valence-electron chi connectivity index (χ1n) is 11.7. The number of nitro benzene ring substituents is 1. The summed E-state index contributed by atoms with van der Waals surface area (Å²) in [4.78, 5) is 28.5. The molecule has 0 bridgehead atoms. The van der Waals surface area contributed by atoms with Crippen molar-refractivity contribution in [2.45, 2.75) is 6.54 Å². The molecular weight excluding hydrogens is 440 g/mol. The van der Waals surface area contributed by atoms with E-state index in [4.69, 9.17) is 0 Å². The van der Waals surface area contributed by atoms with E-state index in [-0.39, 0.29) is 16.5 Å². The van der Waals surface area contributed by atoms with E-state index in [1.54, 1.807) is 12.1 Å². The van der Waals surface area contributed by atoms with Crippen LogP contribution in [0.1, 0.15) is 15.9 Å². The van der Waals surface area contributed by atoms with Crippen molar-refractivity contribution < 1.29 is 9.72 Å². The molecule has 4 aromatic carbocycles. The first-order valence-corrected chi connectivity index (χ1v) is 11.7. The van der Waals surface area contributed by atoms with Crippen molar-refractivity contribution in [3.8, 4) is 0 Å². The van der Waals surface area contributed by atoms with Gasteiger partial charge in [0.05, 0.1) is 4.92 Å². The molecule has 4 aromatic rings. The highest BCUT2D eigenvalue weighted by molar-refractivity contribution is 6.07. The van der Waals surface area contributed by atoms with Crippen molar-refractivity contribution in [2.75, 3.05) is 36.4 Å². The molecular formula is C28H26N4O3. The molecule has 0 spiro atoms. The van der Waals surface area contributed by atoms with E-state index in [0.717, 1.165) is 27.6 Å². The second kappa shape index (κ2) is 9.85. The summed E-state index contributed by atoms with van der Waals surface area (Å²) in [6.45, 7) is 3.00. The predicted molar refractivity (Wildman–Crippen MR) is 139 cm³/mol. The first kappa shape index (κ1) is 22.4. The molecule has 1 aliphatic heterocycles. The van der Waals surface area contributed by atoms with Crippen LogP contribution in [0.2, 0.25) is 0 Å². The minimum absolute atomic E-state index is 0.0374. The SMILES string of the molecule is O=C(c1cccc2ccccc12)N1CCN(c2ccc([N+](=O)[O-])c(NCc3ccccc3)c2)CC1. The molecule has 7 heteroatoms. The van der Waals surface area contributed by atoms with Crippen LogP contribution in [0.25, 0.3) is 10.8 Å². The number of rotatable bonds is 6. The summed E-state index contributed by atoms with van der Waals surface area (Å²) in [5.41, 5.74) is 3.22. The van der Waals surface area contributed by atoms with Crippen LogP contribution < -0.4 is 10.2 Å². The van der Waals surface area contributed by atoms with Crippen LogP contribution >= 0.6 is 0 Å². The van der Waals surface area contributed by atoms with Gasteiger partial charge in [-0.25, -0.2) is 0 Å². The van der Waals surface area contributed by atoms with Crippen molar-refractivity contribution in [1.82, 2.24) is 4.90 Å². The van der Waals surface area contributed by atoms with Gasteiger partial charge in [-0.05, 0) is 34.5 Å². The third-order valence-corrected chi connectivity index (χ3v) is 6.45. The average molecular weight is 467 g/mol. The molecule has 1 fully saturated rings. The zero-order valence-corrected chi connectivity index (χ0v) is 19.3. The molecule has 7 nitrogen and oxygen atoms in total. The Hall–Kier alpha value is -4.39. The number of nitrogens with zero attached hydrogens (tertiary/aromatic N) is 3. The van der Waals surface area contributed by atoms with Gasteiger partial charge in [-0.2, -0.15) is 0 Å². The number of nitro groups is 1. The van der Waals surface area contributed by atoms with E-state index < -0.39 is 0 Å². The van der Waals surface area contributed by atoms with Crippen LogP contribution in [-0.2, 0) is 6.54 Å². The van der Waals surface area contributed by atoms with Gasteiger partial charge < -0.3 is 15.1 Å². The first-order chi connectivity index (χ1) is 17.1. The Morgan fingerprint density at radius 1 is 0.857 bits per heavy atom. The smallest absolute Gasteiger partial charge is 0.292 e. The summed E-state index contributed by atoms with van der Waals surface area (Å²) in [5.74, 6) is 0.0374. The van der Waals surface area contributed by atoms with Gasteiger partial charge >= 0.3 is 0 Å². The number of carbonyl (C=O) groups is 1. The minimum atomic E-state index is -0.363. The maximum Gasteiger partial charge on any atom is 0.292 e. The minimum Gasteiger partial charge on any atom is -0.375 e. The lowest BCUT2D eigenvalue weighted by Crippen LogP contribution is -2.48. The van der Waals surface area contributed by atoms with Crippen LogP contribution in [0.4, 0.5) is 17.1 Å². The summed E-state index contributed by atoms with van der Waals surface area (Å²) < 4.78 is 0. The van der Waals surface area contributed by atoms with Crippen LogP contribution in [0.15, 0.2) is 91.0 Å². The molecule has 0 atom stereocenters. The van der Waals surface area contributed by atoms with Gasteiger partial charge in [-0.1, -0.05) is 66.7 Å². The number of hydrogen-bond acceptors (Lipinski definition) is 5. The standard InChI is InChI=1S/C28H26N4O3/c33-28(25-12-6-10-22-9-4-5-11-24(22)25)31-17-15-30(16-18-31)23-13-14-27(32(34)35)26(19-23)29-20-21-7-2-1-3-8-21/h1-14,19,29H,15-18,20H2. The van der Waals surface area contributed by atoms with Gasteiger partial charge in [0, 0.05) is 50.0 Å². The third-order valence-electron chi connectivity index (χ3n) is 6.45. The number of hydrogen-bond donors (Lipinski definition) is 1. The zero-order valence-electron chi connectivity index (χ0n) is 19.3. The quantitative estimate of drug-likeness (QED) is 0.307. The van der Waals surface area contributed by atoms with Crippen molar-refractivity contribution in [1.29, 1.82) is 0 Å². The predicted octanol–water partition coefficient (Wildman–Crippen LogP) is 5.32. The van der Waals surface area contributed by atoms with Crippen LogP contribution in [0.3, 0.4) is 0 Å². The van der Waals surface area contributed by atoms with Gasteiger partial charge in [0.15, 0.2) is 0 Å². The number of carbonyl (C=O) groups excluding carboxylic acids is 1. The Morgan fingerprint density at radius 3 is 2.34 bits per heavy atom. The monoisotopic (exact) mass is 466 g/mol. The van der Waals surface area contributed by atoms with Crippen molar-refractivity contribution >= 4 is 33.7 Å². The normalized spacial score (nSPS) is 13.6. The van der Waals surface area contributed by atoms with Crippen LogP contribution in [-0.4, -0.2) is 41.9 Å². The highest BCUT2D eigenvalue weighted by Gasteiger charge is 2.24. The molecule has 1 N–H and O–H groups in total. The summed E-state index contributed by atoms with van der Waals surface area (Å²) in [6.07, 6.45) is 0. The average Bonchev–Trinajstić information content (AvgIpc) is 2.91. The fourth-order valence-corrected chi connectivity index (χ4v) is 4.56. The van der Waals surface area contributed by atoms with Crippen LogP contribution in [0.5, 0.6) is 0 Å². The van der Waals surface area contributed by atoms with Gasteiger partial charge in [0.1, 0.15) is 5.69 Å². The molecule has 5 rings (SSSR count). The van der Waals surface area contributed by atoms with E-state index in [2.05, 4.69) is 10.2 Å². The number of nitrogens with one attached hydrogen (secondary N) is 1. The van der Waals surface area contributed by atoms with Crippen molar-refractivity contribution in [3.63, 3.8) is 0 Å². The molecule has 1 saturated heterocycles. The zero-order chi connectivity index (χ0) is 24.2. The molecule has 1 aliphatic rings. The lowest BCUT2D eigenvalue weighted by atomic mass is 10.0. The summed E-state index contributed by atoms with van der Waals surface area (Å²) in [6, 6.07) is 28.7. The number of benzene rings is 4. The van der Waals surface area contributed by atoms with Crippen LogP contribution in [0, 0.1) is 10.1 Å². The molecule has 0 aromatic heterocycles. The molecule has 1 amide bonds. The largest absolute Gasteiger partial charge is 0.375 e. The maximum absolute atomic E-state index is 13.3. The van der Waals surface area contributed by atoms with E-state index in [1.807, 2.05) is 83.8 Å². The van der Waals surface area contributed by atoms with Crippen molar-refractivity contribution in [2.24, 2.45) is 0 Å². The fourth-order valence-electron chi connectivity index (χ4n) is 4.56. The number of amides is 1. The second-order valence-electron chi connectivity index (χ2n) is 8.60. The third kappa shape index (κ3) is 4.80. The second-order valence-corrected chi connectivity index (χ2v) is 8.60. The van der Waals surface area contributed by atoms with Gasteiger partial charge in [0.25, 0.3) is 11.6 Å². The summed E-state index contributed by atoms with van der Waals surface area (Å²) in [7, 11) is 0. The highest BCUT2D eigenvalue weighted by atomic mass is 16.6. The lowest BCUT2D eigenvalue weighted by Gasteiger charge is -2.36. The molecule has 1 heterocycles. The van der Waals surface area contributed by atoms with E-state index in [9.17, 15) is 14.9 Å². The van der Waals surface area contributed by atoms with Crippen molar-refractivity contribution in [3.05, 3.63) is 112 Å². The fraction of sp³-hybridized carbons (Fsp3) is 0.179. The lowest BCUT2D eigenvalue weighted by molar-refractivity contribution is -0.384. The molecule has 0 aliphatic carbocycles. The van der Waals surface area contributed by atoms with E-state index in [0.29, 0.717) is 38.4 Å². The van der Waals surface area contributed by atoms with Gasteiger partial charge in [-0.15, -0.1) is 0 Å². The van der Waals surface area contributed by atoms with Gasteiger partial charge in [-0.3, -0.25) is 14.9 Å². The number of anilines is 2. The molecule has 0 unspecified atom stereocenters. The highest BCUT2D eigenvalue weighted by Crippen LogP contribution is 2.31.